The molecule has 0 fully saturated rings. The minimum atomic E-state index is 0.411. The fraction of sp³-hybridized carbons (Fsp3) is 0.286. The van der Waals surface area contributed by atoms with Gasteiger partial charge >= 0.3 is 56.1 Å². The Kier molecular flexibility index (Phi) is 1.85. The van der Waals surface area contributed by atoms with Crippen LogP contribution >= 0.6 is 0 Å². The van der Waals surface area contributed by atoms with Crippen molar-refractivity contribution >= 4 is 19.6 Å². The summed E-state index contributed by atoms with van der Waals surface area (Å²) in [5, 5.41) is 0. The van der Waals surface area contributed by atoms with Crippen LogP contribution in [0.2, 0.25) is 0 Å². The molecule has 0 aromatic heterocycles. The zero-order valence-corrected chi connectivity index (χ0v) is 7.06. The van der Waals surface area contributed by atoms with Gasteiger partial charge in [0.2, 0.25) is 0 Å². The van der Waals surface area contributed by atoms with Crippen molar-refractivity contribution in [2.24, 2.45) is 0 Å². The van der Waals surface area contributed by atoms with Gasteiger partial charge in [-0.15, -0.1) is 0 Å². The van der Waals surface area contributed by atoms with Gasteiger partial charge < -0.3 is 0 Å². The number of hydrogen-bond donors (Lipinski definition) is 0. The second kappa shape index (κ2) is 2.46. The van der Waals surface area contributed by atoms with Gasteiger partial charge in [-0.2, -0.15) is 0 Å². The van der Waals surface area contributed by atoms with Crippen molar-refractivity contribution in [1.29, 1.82) is 0 Å². The second-order valence-corrected chi connectivity index (χ2v) is 5.35. The Morgan fingerprint density at radius 2 is 2.12 bits per heavy atom. The van der Waals surface area contributed by atoms with E-state index in [1.165, 1.54) is 0 Å². The van der Waals surface area contributed by atoms with Crippen LogP contribution in [0.3, 0.4) is 0 Å². The average Bonchev–Trinajstić information content (AvgIpc) is 1.64. The van der Waals surface area contributed by atoms with Crippen LogP contribution < -0.4 is 0 Å². The molecule has 1 rings (SSSR count). The van der Waals surface area contributed by atoms with Gasteiger partial charge in [0.1, 0.15) is 0 Å². The monoisotopic (exact) mass is 168 g/mol. The molecular formula is C7H9As. The first kappa shape index (κ1) is 6.03. The quantitative estimate of drug-likeness (QED) is 0.479. The van der Waals surface area contributed by atoms with Gasteiger partial charge in [-0.05, 0) is 0 Å². The van der Waals surface area contributed by atoms with E-state index in [1.807, 2.05) is 0 Å². The predicted octanol–water partition coefficient (Wildman–Crippen LogP) is 1.36. The molecule has 1 heteroatoms. The Hall–Kier alpha value is -0.0916. The van der Waals surface area contributed by atoms with Crippen molar-refractivity contribution in [3.05, 3.63) is 22.6 Å². The Morgan fingerprint density at radius 3 is 2.50 bits per heavy atom. The molecule has 0 amide bonds. The van der Waals surface area contributed by atoms with Crippen molar-refractivity contribution in [2.75, 3.05) is 0 Å². The Bertz CT molecular complexity index is 170. The van der Waals surface area contributed by atoms with Crippen molar-refractivity contribution in [2.45, 2.75) is 13.8 Å². The molecule has 0 aromatic carbocycles. The van der Waals surface area contributed by atoms with Crippen LogP contribution in [0.15, 0.2) is 22.6 Å². The van der Waals surface area contributed by atoms with Gasteiger partial charge in [0.25, 0.3) is 0 Å². The fourth-order valence-corrected chi connectivity index (χ4v) is 2.52. The molecule has 0 bridgehead atoms. The molecule has 0 radical (unpaired) electrons. The molecule has 42 valence electrons. The summed E-state index contributed by atoms with van der Waals surface area (Å²) in [6.45, 7) is 4.40. The third-order valence-electron chi connectivity index (χ3n) is 1.03. The van der Waals surface area contributed by atoms with E-state index in [9.17, 15) is 0 Å². The van der Waals surface area contributed by atoms with Crippen LogP contribution in [0.5, 0.6) is 0 Å². The first-order chi connectivity index (χ1) is 3.79. The third kappa shape index (κ3) is 1.45. The van der Waals surface area contributed by atoms with Crippen molar-refractivity contribution in [3.8, 4) is 0 Å². The molecule has 0 unspecified atom stereocenters. The van der Waals surface area contributed by atoms with Crippen LogP contribution in [0.4, 0.5) is 0 Å². The molecule has 0 atom stereocenters. The summed E-state index contributed by atoms with van der Waals surface area (Å²) >= 11 is 0.411. The molecule has 0 aliphatic carbocycles. The van der Waals surface area contributed by atoms with Gasteiger partial charge in [0, 0.05) is 0 Å². The van der Waals surface area contributed by atoms with E-state index >= 15 is 0 Å². The standard InChI is InChI=1S/C7H9As/c1-6-4-3-5-7(2)8-6/h3-5H,1-2H3. The molecule has 8 heavy (non-hydrogen) atoms. The summed E-state index contributed by atoms with van der Waals surface area (Å²) in [7, 11) is 0. The van der Waals surface area contributed by atoms with E-state index < -0.39 is 0 Å². The molecular weight excluding hydrogens is 159 g/mol. The van der Waals surface area contributed by atoms with Crippen LogP contribution in [0.25, 0.3) is 0 Å². The Morgan fingerprint density at radius 1 is 1.38 bits per heavy atom. The Labute approximate surface area is 56.5 Å². The molecule has 0 N–H and O–H groups in total. The van der Waals surface area contributed by atoms with Gasteiger partial charge in [0.05, 0.1) is 0 Å². The number of rotatable bonds is 0. The van der Waals surface area contributed by atoms with E-state index in [1.54, 1.807) is 8.66 Å². The molecule has 0 saturated carbocycles. The molecule has 0 saturated heterocycles. The van der Waals surface area contributed by atoms with Gasteiger partial charge in [-0.1, -0.05) is 0 Å². The zero-order valence-electron chi connectivity index (χ0n) is 5.18. The summed E-state index contributed by atoms with van der Waals surface area (Å²) in [5.74, 6) is 0. The fourth-order valence-electron chi connectivity index (χ4n) is 0.679. The normalized spacial score (nSPS) is 19.8. The van der Waals surface area contributed by atoms with Crippen LogP contribution in [-0.2, 0) is 0 Å². The second-order valence-electron chi connectivity index (χ2n) is 1.92. The predicted molar refractivity (Wildman–Crippen MR) is 39.3 cm³/mol. The molecule has 0 aromatic rings. The SMILES string of the molecule is CC1=CC=CC(C)=[As]1. The topological polar surface area (TPSA) is 0 Å². The number of hydrogen-bond acceptors (Lipinski definition) is 0. The van der Waals surface area contributed by atoms with Gasteiger partial charge in [0.15, 0.2) is 0 Å². The van der Waals surface area contributed by atoms with Crippen LogP contribution in [0, 0.1) is 0 Å². The summed E-state index contributed by atoms with van der Waals surface area (Å²) in [6.07, 6.45) is 6.53. The van der Waals surface area contributed by atoms with E-state index in [-0.39, 0.29) is 0 Å². The maximum absolute atomic E-state index is 2.20. The molecule has 1 aliphatic rings. The summed E-state index contributed by atoms with van der Waals surface area (Å²) in [4.78, 5) is 0. The number of allylic oxidation sites excluding steroid dienone is 4. The minimum absolute atomic E-state index is 0.411. The van der Waals surface area contributed by atoms with Crippen LogP contribution in [-0.4, -0.2) is 19.6 Å². The van der Waals surface area contributed by atoms with E-state index in [4.69, 9.17) is 0 Å². The van der Waals surface area contributed by atoms with E-state index in [2.05, 4.69) is 32.1 Å². The zero-order chi connectivity index (χ0) is 5.98. The summed E-state index contributed by atoms with van der Waals surface area (Å²) < 4.78 is 3.11. The molecule has 1 aliphatic heterocycles. The van der Waals surface area contributed by atoms with E-state index in [0.29, 0.717) is 15.3 Å². The van der Waals surface area contributed by atoms with Crippen molar-refractivity contribution < 1.29 is 0 Å². The molecule has 0 nitrogen and oxygen atoms in total. The average molecular weight is 168 g/mol. The van der Waals surface area contributed by atoms with Crippen molar-refractivity contribution in [3.63, 3.8) is 0 Å². The molecule has 0 spiro atoms. The van der Waals surface area contributed by atoms with Crippen molar-refractivity contribution in [1.82, 2.24) is 0 Å². The third-order valence-corrected chi connectivity index (χ3v) is 3.13. The van der Waals surface area contributed by atoms with E-state index in [0.717, 1.165) is 0 Å². The molecule has 1 heterocycles. The first-order valence-corrected chi connectivity index (χ1v) is 4.57. The Balaban J connectivity index is 2.89. The van der Waals surface area contributed by atoms with Gasteiger partial charge in [-0.3, -0.25) is 0 Å². The van der Waals surface area contributed by atoms with Gasteiger partial charge in [-0.25, -0.2) is 0 Å². The first-order valence-electron chi connectivity index (χ1n) is 2.69. The summed E-state index contributed by atoms with van der Waals surface area (Å²) in [6, 6.07) is 0. The summed E-state index contributed by atoms with van der Waals surface area (Å²) in [5.41, 5.74) is 0. The maximum atomic E-state index is 2.20. The van der Waals surface area contributed by atoms with Crippen LogP contribution in [0.1, 0.15) is 13.8 Å².